The topological polar surface area (TPSA) is 87.7 Å². The van der Waals surface area contributed by atoms with Gasteiger partial charge in [0.25, 0.3) is 5.56 Å². The first kappa shape index (κ1) is 26.4. The summed E-state index contributed by atoms with van der Waals surface area (Å²) in [6.45, 7) is 10.1. The summed E-state index contributed by atoms with van der Waals surface area (Å²) >= 11 is 1.30. The number of allylic oxidation sites excluding steroid dienone is 1. The van der Waals surface area contributed by atoms with Gasteiger partial charge in [-0.3, -0.25) is 9.36 Å². The van der Waals surface area contributed by atoms with E-state index >= 15 is 0 Å². The summed E-state index contributed by atoms with van der Waals surface area (Å²) in [6, 6.07) is 16.7. The van der Waals surface area contributed by atoms with Crippen molar-refractivity contribution in [3.63, 3.8) is 0 Å². The van der Waals surface area contributed by atoms with Gasteiger partial charge in [-0.15, -0.1) is 0 Å². The molecule has 200 valence electrons. The Bertz CT molecular complexity index is 1750. The molecule has 39 heavy (non-hydrogen) atoms. The minimum absolute atomic E-state index is 0.222. The number of carbonyl (C=O) groups excluding carboxylic acids is 1. The van der Waals surface area contributed by atoms with E-state index in [9.17, 15) is 9.59 Å². The lowest BCUT2D eigenvalue weighted by Gasteiger charge is -2.24. The van der Waals surface area contributed by atoms with Crippen LogP contribution in [0.5, 0.6) is 5.75 Å². The summed E-state index contributed by atoms with van der Waals surface area (Å²) < 4.78 is 15.0. The number of thiazole rings is 1. The second-order valence-electron chi connectivity index (χ2n) is 9.14. The Balaban J connectivity index is 1.68. The van der Waals surface area contributed by atoms with Crippen molar-refractivity contribution >= 4 is 23.4 Å². The molecule has 0 bridgehead atoms. The number of ether oxygens (including phenoxy) is 2. The summed E-state index contributed by atoms with van der Waals surface area (Å²) in [6.07, 6.45) is 1.87. The van der Waals surface area contributed by atoms with E-state index in [1.165, 1.54) is 11.3 Å². The van der Waals surface area contributed by atoms with Gasteiger partial charge in [-0.1, -0.05) is 41.7 Å². The fourth-order valence-corrected chi connectivity index (χ4v) is 5.86. The molecule has 0 radical (unpaired) electrons. The Labute approximate surface area is 230 Å². The molecule has 0 fully saturated rings. The van der Waals surface area contributed by atoms with Crippen molar-refractivity contribution < 1.29 is 14.3 Å². The number of hydrogen-bond acceptors (Lipinski definition) is 7. The third-order valence-corrected chi connectivity index (χ3v) is 7.63. The summed E-state index contributed by atoms with van der Waals surface area (Å²) in [4.78, 5) is 32.3. The lowest BCUT2D eigenvalue weighted by atomic mass is 9.96. The Kier molecular flexibility index (Phi) is 7.34. The molecule has 0 saturated carbocycles. The highest BCUT2D eigenvalue weighted by Gasteiger charge is 2.33. The zero-order valence-corrected chi connectivity index (χ0v) is 23.4. The highest BCUT2D eigenvalue weighted by Crippen LogP contribution is 2.31. The zero-order valence-electron chi connectivity index (χ0n) is 22.6. The Morgan fingerprint density at radius 1 is 1.03 bits per heavy atom. The first-order valence-corrected chi connectivity index (χ1v) is 13.7. The molecular formula is C30H30N4O4S. The number of esters is 1. The second kappa shape index (κ2) is 10.9. The monoisotopic (exact) mass is 542 g/mol. The molecule has 0 unspecified atom stereocenters. The van der Waals surface area contributed by atoms with Gasteiger partial charge in [0.1, 0.15) is 5.75 Å². The normalized spacial score (nSPS) is 15.2. The summed E-state index contributed by atoms with van der Waals surface area (Å²) in [5.74, 6) is 0.233. The van der Waals surface area contributed by atoms with Crippen LogP contribution >= 0.6 is 11.3 Å². The standard InChI is InChI=1S/C30H30N4O4S/c1-6-37-23-15-13-21(14-16-23)27-26(29(36)38-7-2)19(4)31-30-33(27)28(35)25(39-30)17-24-18(3)32-34(20(24)5)22-11-9-8-10-12-22/h8-17,27H,6-7H2,1-5H3/b25-17+/t27-/m1/s1. The number of hydrogen-bond donors (Lipinski definition) is 0. The van der Waals surface area contributed by atoms with E-state index in [1.54, 1.807) is 18.4 Å². The van der Waals surface area contributed by atoms with Crippen molar-refractivity contribution in [3.8, 4) is 11.4 Å². The average molecular weight is 543 g/mol. The van der Waals surface area contributed by atoms with Crippen LogP contribution in [0, 0.1) is 13.8 Å². The number of carbonyl (C=O) groups is 1. The first-order chi connectivity index (χ1) is 18.8. The van der Waals surface area contributed by atoms with Crippen molar-refractivity contribution in [2.45, 2.75) is 40.7 Å². The second-order valence-corrected chi connectivity index (χ2v) is 10.1. The fraction of sp³-hybridized carbons (Fsp3) is 0.267. The smallest absolute Gasteiger partial charge is 0.338 e. The molecule has 5 rings (SSSR count). The highest BCUT2D eigenvalue weighted by atomic mass is 32.1. The molecule has 0 amide bonds. The maximum Gasteiger partial charge on any atom is 0.338 e. The van der Waals surface area contributed by atoms with Gasteiger partial charge in [0, 0.05) is 11.3 Å². The van der Waals surface area contributed by atoms with Gasteiger partial charge in [0.2, 0.25) is 0 Å². The first-order valence-electron chi connectivity index (χ1n) is 12.9. The van der Waals surface area contributed by atoms with Crippen molar-refractivity contribution in [2.75, 3.05) is 13.2 Å². The Hall–Kier alpha value is -4.24. The molecule has 9 heteroatoms. The molecular weight excluding hydrogens is 512 g/mol. The van der Waals surface area contributed by atoms with Crippen LogP contribution in [0.1, 0.15) is 49.3 Å². The van der Waals surface area contributed by atoms with E-state index in [-0.39, 0.29) is 12.2 Å². The number of benzene rings is 2. The van der Waals surface area contributed by atoms with E-state index in [0.29, 0.717) is 33.0 Å². The van der Waals surface area contributed by atoms with Crippen molar-refractivity contribution in [2.24, 2.45) is 4.99 Å². The highest BCUT2D eigenvalue weighted by molar-refractivity contribution is 7.07. The SMILES string of the molecule is CCOC(=O)C1=C(C)N=c2s/c(=C/c3c(C)nn(-c4ccccc4)c3C)c(=O)n2[C@@H]1c1ccc(OCC)cc1. The lowest BCUT2D eigenvalue weighted by Crippen LogP contribution is -2.39. The van der Waals surface area contributed by atoms with Gasteiger partial charge in [-0.05, 0) is 70.5 Å². The number of nitrogens with zero attached hydrogens (tertiary/aromatic N) is 4. The Morgan fingerprint density at radius 2 is 1.74 bits per heavy atom. The fourth-order valence-electron chi connectivity index (χ4n) is 4.84. The van der Waals surface area contributed by atoms with Crippen molar-refractivity contribution in [1.29, 1.82) is 0 Å². The van der Waals surface area contributed by atoms with E-state index < -0.39 is 12.0 Å². The molecule has 0 saturated heterocycles. The van der Waals surface area contributed by atoms with E-state index in [4.69, 9.17) is 14.6 Å². The number of para-hydroxylation sites is 1. The van der Waals surface area contributed by atoms with Crippen LogP contribution in [-0.2, 0) is 9.53 Å². The van der Waals surface area contributed by atoms with Crippen molar-refractivity contribution in [1.82, 2.24) is 14.3 Å². The summed E-state index contributed by atoms with van der Waals surface area (Å²) in [5, 5.41) is 4.72. The quantitative estimate of drug-likeness (QED) is 0.330. The maximum atomic E-state index is 14.0. The van der Waals surface area contributed by atoms with Gasteiger partial charge < -0.3 is 9.47 Å². The molecule has 0 spiro atoms. The number of aryl methyl sites for hydroxylation is 1. The predicted molar refractivity (Wildman–Crippen MR) is 151 cm³/mol. The molecule has 0 aliphatic carbocycles. The molecule has 1 atom stereocenters. The van der Waals surface area contributed by atoms with Gasteiger partial charge in [0.05, 0.1) is 46.4 Å². The molecule has 1 aliphatic heterocycles. The molecule has 4 aromatic rings. The van der Waals surface area contributed by atoms with Crippen LogP contribution in [0.3, 0.4) is 0 Å². The molecule has 2 aromatic carbocycles. The van der Waals surface area contributed by atoms with Crippen LogP contribution < -0.4 is 19.6 Å². The van der Waals surface area contributed by atoms with Crippen LogP contribution in [0.2, 0.25) is 0 Å². The van der Waals surface area contributed by atoms with Crippen LogP contribution in [0.25, 0.3) is 11.8 Å². The van der Waals surface area contributed by atoms with E-state index in [1.807, 2.05) is 86.1 Å². The summed E-state index contributed by atoms with van der Waals surface area (Å²) in [7, 11) is 0. The molecule has 3 heterocycles. The zero-order chi connectivity index (χ0) is 27.7. The third kappa shape index (κ3) is 4.85. The average Bonchev–Trinajstić information content (AvgIpc) is 3.39. The largest absolute Gasteiger partial charge is 0.494 e. The van der Waals surface area contributed by atoms with Crippen LogP contribution in [0.4, 0.5) is 0 Å². The lowest BCUT2D eigenvalue weighted by molar-refractivity contribution is -0.139. The maximum absolute atomic E-state index is 14.0. The predicted octanol–water partition coefficient (Wildman–Crippen LogP) is 4.00. The van der Waals surface area contributed by atoms with Crippen LogP contribution in [-0.4, -0.2) is 33.5 Å². The molecule has 0 N–H and O–H groups in total. The van der Waals surface area contributed by atoms with Crippen LogP contribution in [0.15, 0.2) is 75.7 Å². The number of fused-ring (bicyclic) bond motifs is 1. The number of aromatic nitrogens is 3. The number of rotatable bonds is 7. The minimum Gasteiger partial charge on any atom is -0.494 e. The van der Waals surface area contributed by atoms with E-state index in [2.05, 4.69) is 4.99 Å². The van der Waals surface area contributed by atoms with Gasteiger partial charge >= 0.3 is 5.97 Å². The summed E-state index contributed by atoms with van der Waals surface area (Å²) in [5.41, 5.74) is 5.00. The van der Waals surface area contributed by atoms with Gasteiger partial charge in [0.15, 0.2) is 4.80 Å². The Morgan fingerprint density at radius 3 is 2.41 bits per heavy atom. The molecule has 8 nitrogen and oxygen atoms in total. The minimum atomic E-state index is -0.674. The third-order valence-electron chi connectivity index (χ3n) is 6.65. The molecule has 1 aliphatic rings. The van der Waals surface area contributed by atoms with Gasteiger partial charge in [-0.25, -0.2) is 14.5 Å². The molecule has 2 aromatic heterocycles. The van der Waals surface area contributed by atoms with Gasteiger partial charge in [-0.2, -0.15) is 5.10 Å². The van der Waals surface area contributed by atoms with Crippen molar-refractivity contribution in [3.05, 3.63) is 108 Å². The van der Waals surface area contributed by atoms with E-state index in [0.717, 1.165) is 28.2 Å².